The Hall–Kier alpha value is -1.28. The lowest BCUT2D eigenvalue weighted by molar-refractivity contribution is 1.48. The lowest BCUT2D eigenvalue weighted by atomic mass is 10.1. The molecule has 2 rings (SSSR count). The third kappa shape index (κ3) is 1.58. The summed E-state index contributed by atoms with van der Waals surface area (Å²) >= 11 is 1.74. The van der Waals surface area contributed by atoms with Crippen molar-refractivity contribution in [3.8, 4) is 10.4 Å². The van der Waals surface area contributed by atoms with Crippen LogP contribution in [-0.4, -0.2) is 0 Å². The van der Waals surface area contributed by atoms with Gasteiger partial charge in [-0.25, -0.2) is 0 Å². The van der Waals surface area contributed by atoms with Gasteiger partial charge in [0.1, 0.15) is 0 Å². The van der Waals surface area contributed by atoms with Gasteiger partial charge in [-0.3, -0.25) is 0 Å². The third-order valence-corrected chi connectivity index (χ3v) is 2.95. The second kappa shape index (κ2) is 3.23. The van der Waals surface area contributed by atoms with Crippen LogP contribution in [-0.2, 0) is 0 Å². The Balaban J connectivity index is 2.57. The van der Waals surface area contributed by atoms with Crippen molar-refractivity contribution in [3.05, 3.63) is 41.3 Å². The number of benzene rings is 1. The zero-order valence-corrected chi connectivity index (χ0v) is 8.27. The zero-order chi connectivity index (χ0) is 9.26. The Morgan fingerprint density at radius 3 is 2.77 bits per heavy atom. The van der Waals surface area contributed by atoms with E-state index in [0.29, 0.717) is 0 Å². The number of hydrogen-bond acceptors (Lipinski definition) is 2. The van der Waals surface area contributed by atoms with E-state index in [2.05, 4.69) is 30.5 Å². The molecule has 1 aromatic heterocycles. The van der Waals surface area contributed by atoms with E-state index >= 15 is 0 Å². The molecule has 1 aromatic carbocycles. The fourth-order valence-electron chi connectivity index (χ4n) is 1.34. The van der Waals surface area contributed by atoms with Crippen LogP contribution in [0.25, 0.3) is 10.4 Å². The quantitative estimate of drug-likeness (QED) is 0.684. The second-order valence-corrected chi connectivity index (χ2v) is 4.00. The number of rotatable bonds is 1. The normalized spacial score (nSPS) is 10.2. The first-order chi connectivity index (χ1) is 6.27. The lowest BCUT2D eigenvalue weighted by Gasteiger charge is -2.03. The molecule has 1 heterocycles. The molecule has 66 valence electrons. The Labute approximate surface area is 81.8 Å². The largest absolute Gasteiger partial charge is 0.399 e. The van der Waals surface area contributed by atoms with Gasteiger partial charge in [0.05, 0.1) is 0 Å². The number of anilines is 1. The fourth-order valence-corrected chi connectivity index (χ4v) is 2.14. The standard InChI is InChI=1S/C11H11NS/c1-8-4-5-9(12)7-10(8)11-3-2-6-13-11/h2-7H,12H2,1H3. The molecular weight excluding hydrogens is 178 g/mol. The summed E-state index contributed by atoms with van der Waals surface area (Å²) in [7, 11) is 0. The third-order valence-electron chi connectivity index (χ3n) is 2.05. The molecule has 0 amide bonds. The van der Waals surface area contributed by atoms with Crippen LogP contribution >= 0.6 is 11.3 Å². The van der Waals surface area contributed by atoms with E-state index in [9.17, 15) is 0 Å². The van der Waals surface area contributed by atoms with E-state index < -0.39 is 0 Å². The predicted octanol–water partition coefficient (Wildman–Crippen LogP) is 3.31. The van der Waals surface area contributed by atoms with Gasteiger partial charge in [0, 0.05) is 10.6 Å². The van der Waals surface area contributed by atoms with Gasteiger partial charge in [-0.15, -0.1) is 11.3 Å². The van der Waals surface area contributed by atoms with Gasteiger partial charge < -0.3 is 5.73 Å². The predicted molar refractivity (Wildman–Crippen MR) is 58.9 cm³/mol. The summed E-state index contributed by atoms with van der Waals surface area (Å²) < 4.78 is 0. The highest BCUT2D eigenvalue weighted by atomic mass is 32.1. The summed E-state index contributed by atoms with van der Waals surface area (Å²) in [5.74, 6) is 0. The molecule has 0 unspecified atom stereocenters. The van der Waals surface area contributed by atoms with E-state index in [0.717, 1.165) is 5.69 Å². The minimum absolute atomic E-state index is 0.828. The first-order valence-corrected chi connectivity index (χ1v) is 5.05. The summed E-state index contributed by atoms with van der Waals surface area (Å²) in [6.45, 7) is 2.11. The lowest BCUT2D eigenvalue weighted by Crippen LogP contribution is -1.86. The molecule has 0 aliphatic rings. The molecular formula is C11H11NS. The molecule has 0 radical (unpaired) electrons. The minimum atomic E-state index is 0.828. The highest BCUT2D eigenvalue weighted by Crippen LogP contribution is 2.29. The van der Waals surface area contributed by atoms with Crippen LogP contribution in [0.15, 0.2) is 35.7 Å². The van der Waals surface area contributed by atoms with E-state index in [-0.39, 0.29) is 0 Å². The number of nitrogen functional groups attached to an aromatic ring is 1. The van der Waals surface area contributed by atoms with E-state index in [1.807, 2.05) is 12.1 Å². The maximum Gasteiger partial charge on any atom is 0.0346 e. The number of aryl methyl sites for hydroxylation is 1. The molecule has 0 fully saturated rings. The summed E-state index contributed by atoms with van der Waals surface area (Å²) in [4.78, 5) is 1.28. The van der Waals surface area contributed by atoms with Crippen molar-refractivity contribution in [1.82, 2.24) is 0 Å². The zero-order valence-electron chi connectivity index (χ0n) is 7.45. The average molecular weight is 189 g/mol. The SMILES string of the molecule is Cc1ccc(N)cc1-c1cccs1. The molecule has 2 aromatic rings. The van der Waals surface area contributed by atoms with Crippen LogP contribution in [0.2, 0.25) is 0 Å². The van der Waals surface area contributed by atoms with Gasteiger partial charge in [0.15, 0.2) is 0 Å². The molecule has 2 N–H and O–H groups in total. The highest BCUT2D eigenvalue weighted by Gasteiger charge is 2.02. The molecule has 0 spiro atoms. The molecule has 0 atom stereocenters. The Kier molecular flexibility index (Phi) is 2.07. The van der Waals surface area contributed by atoms with Crippen LogP contribution < -0.4 is 5.73 Å². The maximum absolute atomic E-state index is 5.74. The van der Waals surface area contributed by atoms with Crippen LogP contribution in [0.5, 0.6) is 0 Å². The van der Waals surface area contributed by atoms with Crippen molar-refractivity contribution < 1.29 is 0 Å². The molecule has 0 saturated heterocycles. The maximum atomic E-state index is 5.74. The van der Waals surface area contributed by atoms with Crippen molar-refractivity contribution >= 4 is 17.0 Å². The van der Waals surface area contributed by atoms with E-state index in [1.165, 1.54) is 16.0 Å². The van der Waals surface area contributed by atoms with Gasteiger partial charge in [-0.05, 0) is 41.6 Å². The molecule has 13 heavy (non-hydrogen) atoms. The van der Waals surface area contributed by atoms with Crippen molar-refractivity contribution in [2.45, 2.75) is 6.92 Å². The van der Waals surface area contributed by atoms with Gasteiger partial charge in [-0.1, -0.05) is 12.1 Å². The van der Waals surface area contributed by atoms with Crippen molar-refractivity contribution in [2.75, 3.05) is 5.73 Å². The van der Waals surface area contributed by atoms with Crippen molar-refractivity contribution in [1.29, 1.82) is 0 Å². The van der Waals surface area contributed by atoms with Crippen LogP contribution in [0.3, 0.4) is 0 Å². The fraction of sp³-hybridized carbons (Fsp3) is 0.0909. The number of nitrogens with two attached hydrogens (primary N) is 1. The molecule has 1 nitrogen and oxygen atoms in total. The van der Waals surface area contributed by atoms with Gasteiger partial charge >= 0.3 is 0 Å². The summed E-state index contributed by atoms with van der Waals surface area (Å²) in [5.41, 5.74) is 9.09. The first kappa shape index (κ1) is 8.32. The molecule has 0 bridgehead atoms. The van der Waals surface area contributed by atoms with Gasteiger partial charge in [0.2, 0.25) is 0 Å². The summed E-state index contributed by atoms with van der Waals surface area (Å²) in [5, 5.41) is 2.08. The molecule has 0 aliphatic heterocycles. The van der Waals surface area contributed by atoms with E-state index in [4.69, 9.17) is 5.73 Å². The van der Waals surface area contributed by atoms with E-state index in [1.54, 1.807) is 11.3 Å². The molecule has 2 heteroatoms. The van der Waals surface area contributed by atoms with Gasteiger partial charge in [-0.2, -0.15) is 0 Å². The Bertz CT molecular complexity index is 404. The highest BCUT2D eigenvalue weighted by molar-refractivity contribution is 7.13. The topological polar surface area (TPSA) is 26.0 Å². The first-order valence-electron chi connectivity index (χ1n) is 4.17. The smallest absolute Gasteiger partial charge is 0.0346 e. The van der Waals surface area contributed by atoms with Crippen LogP contribution in [0, 0.1) is 6.92 Å². The monoisotopic (exact) mass is 189 g/mol. The number of hydrogen-bond donors (Lipinski definition) is 1. The van der Waals surface area contributed by atoms with Gasteiger partial charge in [0.25, 0.3) is 0 Å². The molecule has 0 aliphatic carbocycles. The summed E-state index contributed by atoms with van der Waals surface area (Å²) in [6.07, 6.45) is 0. The minimum Gasteiger partial charge on any atom is -0.399 e. The summed E-state index contributed by atoms with van der Waals surface area (Å²) in [6, 6.07) is 10.2. The Morgan fingerprint density at radius 2 is 2.08 bits per heavy atom. The van der Waals surface area contributed by atoms with Crippen LogP contribution in [0.1, 0.15) is 5.56 Å². The second-order valence-electron chi connectivity index (χ2n) is 3.05. The van der Waals surface area contributed by atoms with Crippen molar-refractivity contribution in [3.63, 3.8) is 0 Å². The number of thiophene rings is 1. The van der Waals surface area contributed by atoms with Crippen LogP contribution in [0.4, 0.5) is 5.69 Å². The average Bonchev–Trinajstić information content (AvgIpc) is 2.61. The molecule has 0 saturated carbocycles. The van der Waals surface area contributed by atoms with Crippen molar-refractivity contribution in [2.24, 2.45) is 0 Å². The Morgan fingerprint density at radius 1 is 1.23 bits per heavy atom.